The number of nitrogens with zero attached hydrogens (tertiary/aromatic N) is 1. The van der Waals surface area contributed by atoms with E-state index in [0.717, 1.165) is 11.1 Å². The Morgan fingerprint density at radius 2 is 1.60 bits per heavy atom. The van der Waals surface area contributed by atoms with Crippen LogP contribution in [0.1, 0.15) is 29.2 Å². The molecule has 30 heavy (non-hydrogen) atoms. The highest BCUT2D eigenvalue weighted by atomic mass is 79.9. The molecule has 1 atom stereocenters. The second-order valence-corrected chi connectivity index (χ2v) is 10.5. The summed E-state index contributed by atoms with van der Waals surface area (Å²) in [6.07, 6.45) is 0.437. The largest absolute Gasteiger partial charge is 0.452 e. The topological polar surface area (TPSA) is 67.6 Å². The summed E-state index contributed by atoms with van der Waals surface area (Å²) in [6.45, 7) is 0.223. The van der Waals surface area contributed by atoms with E-state index in [1.807, 2.05) is 60.7 Å². The normalized spacial score (nSPS) is 17.9. The molecular weight excluding hydrogens is 466 g/mol. The minimum absolute atomic E-state index is 0.0169. The van der Waals surface area contributed by atoms with Crippen LogP contribution >= 0.6 is 15.9 Å². The van der Waals surface area contributed by atoms with Gasteiger partial charge in [-0.25, -0.2) is 8.42 Å². The van der Waals surface area contributed by atoms with E-state index in [0.29, 0.717) is 16.9 Å². The minimum atomic E-state index is -3.15. The quantitative estimate of drug-likeness (QED) is 0.516. The predicted molar refractivity (Wildman–Crippen MR) is 119 cm³/mol. The summed E-state index contributed by atoms with van der Waals surface area (Å²) in [6, 6.07) is 22.4. The van der Waals surface area contributed by atoms with Gasteiger partial charge >= 0.3 is 0 Å². The number of halogens is 1. The van der Waals surface area contributed by atoms with Gasteiger partial charge in [0.2, 0.25) is 5.91 Å². The number of hydrogen-bond donors (Lipinski definition) is 0. The number of sulfone groups is 1. The van der Waals surface area contributed by atoms with Gasteiger partial charge in [-0.1, -0.05) is 60.7 Å². The van der Waals surface area contributed by atoms with E-state index in [1.54, 1.807) is 17.0 Å². The van der Waals surface area contributed by atoms with E-state index in [9.17, 15) is 13.2 Å². The second kappa shape index (κ2) is 8.78. The molecule has 4 rings (SSSR count). The van der Waals surface area contributed by atoms with E-state index < -0.39 is 15.8 Å². The first-order valence-corrected chi connectivity index (χ1v) is 12.4. The average Bonchev–Trinajstić information content (AvgIpc) is 3.32. The Morgan fingerprint density at radius 3 is 2.07 bits per heavy atom. The summed E-state index contributed by atoms with van der Waals surface area (Å²) in [7, 11) is -3.15. The minimum Gasteiger partial charge on any atom is -0.452 e. The van der Waals surface area contributed by atoms with E-state index >= 15 is 0 Å². The molecule has 0 N–H and O–H groups in total. The maximum atomic E-state index is 13.9. The first kappa shape index (κ1) is 20.9. The molecule has 2 heterocycles. The van der Waals surface area contributed by atoms with Crippen LogP contribution in [-0.4, -0.2) is 36.8 Å². The van der Waals surface area contributed by atoms with Gasteiger partial charge in [0.05, 0.1) is 24.0 Å². The molecule has 0 unspecified atom stereocenters. The van der Waals surface area contributed by atoms with Gasteiger partial charge in [0, 0.05) is 6.04 Å². The fourth-order valence-corrected chi connectivity index (χ4v) is 6.02. The maximum absolute atomic E-state index is 13.9. The molecule has 5 nitrogen and oxygen atoms in total. The van der Waals surface area contributed by atoms with Crippen LogP contribution in [0.15, 0.2) is 81.9 Å². The van der Waals surface area contributed by atoms with Crippen molar-refractivity contribution in [2.24, 2.45) is 0 Å². The van der Waals surface area contributed by atoms with E-state index in [4.69, 9.17) is 4.42 Å². The second-order valence-electron chi connectivity index (χ2n) is 7.48. The zero-order valence-electron chi connectivity index (χ0n) is 16.3. The molecule has 1 aliphatic heterocycles. The highest BCUT2D eigenvalue weighted by Gasteiger charge is 2.38. The highest BCUT2D eigenvalue weighted by molar-refractivity contribution is 9.10. The van der Waals surface area contributed by atoms with Crippen LogP contribution < -0.4 is 0 Å². The fraction of sp³-hybridized carbons (Fsp3) is 0.261. The Kier molecular flexibility index (Phi) is 6.11. The van der Waals surface area contributed by atoms with Crippen LogP contribution in [0.5, 0.6) is 0 Å². The summed E-state index contributed by atoms with van der Waals surface area (Å²) in [4.78, 5) is 15.6. The van der Waals surface area contributed by atoms with Crippen molar-refractivity contribution < 1.29 is 17.6 Å². The molecule has 0 bridgehead atoms. The van der Waals surface area contributed by atoms with Crippen molar-refractivity contribution in [1.29, 1.82) is 0 Å². The number of carbonyl (C=O) groups excluding carboxylic acids is 1. The summed E-state index contributed by atoms with van der Waals surface area (Å²) in [5, 5.41) is 0. The molecule has 3 aromatic rings. The SMILES string of the molecule is O=C(C(c1ccccc1)c1ccccc1)N(Cc1ccc(Br)o1)[C@H]1CCS(=O)(=O)C1. The number of hydrogen-bond acceptors (Lipinski definition) is 4. The van der Waals surface area contributed by atoms with Gasteiger partial charge in [0.1, 0.15) is 5.76 Å². The summed E-state index contributed by atoms with van der Waals surface area (Å²) >= 11 is 3.30. The van der Waals surface area contributed by atoms with Crippen molar-refractivity contribution in [2.75, 3.05) is 11.5 Å². The molecule has 1 fully saturated rings. The number of rotatable bonds is 6. The molecule has 156 valence electrons. The molecule has 1 aliphatic rings. The molecule has 1 aromatic heterocycles. The first-order valence-electron chi connectivity index (χ1n) is 9.78. The lowest BCUT2D eigenvalue weighted by Gasteiger charge is -2.31. The number of furan rings is 1. The van der Waals surface area contributed by atoms with E-state index in [2.05, 4.69) is 15.9 Å². The molecular formula is C23H22BrNO4S. The first-order chi connectivity index (χ1) is 14.4. The summed E-state index contributed by atoms with van der Waals surface area (Å²) < 4.78 is 30.5. The smallest absolute Gasteiger partial charge is 0.235 e. The molecule has 1 saturated heterocycles. The van der Waals surface area contributed by atoms with Crippen LogP contribution in [-0.2, 0) is 21.2 Å². The monoisotopic (exact) mass is 487 g/mol. The number of amides is 1. The third-order valence-corrected chi connectivity index (χ3v) is 7.58. The van der Waals surface area contributed by atoms with Crippen LogP contribution in [0.3, 0.4) is 0 Å². The van der Waals surface area contributed by atoms with Gasteiger partial charge < -0.3 is 9.32 Å². The summed E-state index contributed by atoms with van der Waals surface area (Å²) in [5.41, 5.74) is 1.75. The third-order valence-electron chi connectivity index (χ3n) is 5.40. The number of benzene rings is 2. The van der Waals surface area contributed by atoms with Crippen molar-refractivity contribution in [1.82, 2.24) is 4.90 Å². The van der Waals surface area contributed by atoms with Crippen molar-refractivity contribution in [2.45, 2.75) is 24.9 Å². The Bertz CT molecular complexity index is 1070. The highest BCUT2D eigenvalue weighted by Crippen LogP contribution is 2.31. The lowest BCUT2D eigenvalue weighted by Crippen LogP contribution is -2.43. The van der Waals surface area contributed by atoms with Crippen LogP contribution in [0.2, 0.25) is 0 Å². The summed E-state index contributed by atoms with van der Waals surface area (Å²) in [5.74, 6) is 0.0530. The molecule has 0 aliphatic carbocycles. The van der Waals surface area contributed by atoms with Crippen molar-refractivity contribution in [3.63, 3.8) is 0 Å². The van der Waals surface area contributed by atoms with Gasteiger partial charge in [0.25, 0.3) is 0 Å². The molecule has 2 aromatic carbocycles. The Hall–Kier alpha value is -2.38. The molecule has 0 saturated carbocycles. The number of carbonyl (C=O) groups is 1. The Balaban J connectivity index is 1.74. The van der Waals surface area contributed by atoms with Gasteiger partial charge in [-0.2, -0.15) is 0 Å². The van der Waals surface area contributed by atoms with E-state index in [-0.39, 0.29) is 30.0 Å². The molecule has 0 spiro atoms. The Labute approximate surface area is 184 Å². The average molecular weight is 488 g/mol. The van der Waals surface area contributed by atoms with Gasteiger partial charge in [-0.3, -0.25) is 4.79 Å². The maximum Gasteiger partial charge on any atom is 0.235 e. The molecule has 7 heteroatoms. The molecule has 1 amide bonds. The van der Waals surface area contributed by atoms with Gasteiger partial charge in [-0.05, 0) is 45.6 Å². The van der Waals surface area contributed by atoms with Crippen molar-refractivity contribution >= 4 is 31.7 Å². The third kappa shape index (κ3) is 4.68. The lowest BCUT2D eigenvalue weighted by molar-refractivity contribution is -0.134. The Morgan fingerprint density at radius 1 is 1.00 bits per heavy atom. The standard InChI is InChI=1S/C23H22BrNO4S/c24-21-12-11-20(29-21)15-25(19-13-14-30(27,28)16-19)23(26)22(17-7-3-1-4-8-17)18-9-5-2-6-10-18/h1-12,19,22H,13-16H2/t19-/m0/s1. The lowest BCUT2D eigenvalue weighted by atomic mass is 9.89. The fourth-order valence-electron chi connectivity index (χ4n) is 3.95. The molecule has 0 radical (unpaired) electrons. The zero-order chi connectivity index (χ0) is 21.1. The predicted octanol–water partition coefficient (Wildman–Crippen LogP) is 4.39. The van der Waals surface area contributed by atoms with E-state index in [1.165, 1.54) is 0 Å². The van der Waals surface area contributed by atoms with Gasteiger partial charge in [0.15, 0.2) is 14.5 Å². The van der Waals surface area contributed by atoms with Crippen LogP contribution in [0.25, 0.3) is 0 Å². The van der Waals surface area contributed by atoms with Crippen molar-refractivity contribution in [3.8, 4) is 0 Å². The van der Waals surface area contributed by atoms with Gasteiger partial charge in [-0.15, -0.1) is 0 Å². The van der Waals surface area contributed by atoms with Crippen LogP contribution in [0, 0.1) is 0 Å². The zero-order valence-corrected chi connectivity index (χ0v) is 18.7. The van der Waals surface area contributed by atoms with Crippen LogP contribution in [0.4, 0.5) is 0 Å². The van der Waals surface area contributed by atoms with Crippen molar-refractivity contribution in [3.05, 3.63) is 94.4 Å².